The van der Waals surface area contributed by atoms with Gasteiger partial charge >= 0.3 is 0 Å². The maximum atomic E-state index is 5.75. The van der Waals surface area contributed by atoms with Crippen LogP contribution in [0.1, 0.15) is 20.8 Å². The summed E-state index contributed by atoms with van der Waals surface area (Å²) < 4.78 is 5.75. The summed E-state index contributed by atoms with van der Waals surface area (Å²) in [5.41, 5.74) is 1.23. The van der Waals surface area contributed by atoms with E-state index in [1.807, 2.05) is 12.1 Å². The van der Waals surface area contributed by atoms with Gasteiger partial charge in [0.2, 0.25) is 0 Å². The number of hydrogen-bond donors (Lipinski definition) is 0. The average Bonchev–Trinajstić information content (AvgIpc) is 2.43. The van der Waals surface area contributed by atoms with Crippen molar-refractivity contribution in [1.29, 1.82) is 0 Å². The first kappa shape index (κ1) is 9.38. The number of fused-ring (bicyclic) bond motifs is 1. The molecule has 0 radical (unpaired) electrons. The van der Waals surface area contributed by atoms with E-state index in [4.69, 9.17) is 4.74 Å². The highest BCUT2D eigenvalue weighted by atomic mass is 16.5. The van der Waals surface area contributed by atoms with Crippen LogP contribution in [0.25, 0.3) is 0 Å². The van der Waals surface area contributed by atoms with Gasteiger partial charge in [-0.1, -0.05) is 26.0 Å². The van der Waals surface area contributed by atoms with E-state index in [0.29, 0.717) is 5.92 Å². The van der Waals surface area contributed by atoms with Crippen LogP contribution >= 0.6 is 0 Å². The molecule has 1 unspecified atom stereocenters. The monoisotopic (exact) mass is 191 g/mol. The van der Waals surface area contributed by atoms with Crippen molar-refractivity contribution >= 4 is 5.69 Å². The molecule has 14 heavy (non-hydrogen) atoms. The van der Waals surface area contributed by atoms with Crippen LogP contribution in [-0.2, 0) is 0 Å². The molecule has 2 nitrogen and oxygen atoms in total. The second kappa shape index (κ2) is 3.52. The minimum absolute atomic E-state index is 0.176. The van der Waals surface area contributed by atoms with Crippen molar-refractivity contribution in [3.05, 3.63) is 24.3 Å². The largest absolute Gasteiger partial charge is 0.469 e. The van der Waals surface area contributed by atoms with Gasteiger partial charge in [0.05, 0.1) is 5.69 Å². The summed E-state index contributed by atoms with van der Waals surface area (Å²) in [4.78, 5) is 2.32. The van der Waals surface area contributed by atoms with E-state index < -0.39 is 0 Å². The Balaban J connectivity index is 2.25. The third-order valence-electron chi connectivity index (χ3n) is 2.47. The lowest BCUT2D eigenvalue weighted by Gasteiger charge is -2.24. The van der Waals surface area contributed by atoms with Gasteiger partial charge in [-0.2, -0.15) is 0 Å². The molecule has 0 bridgehead atoms. The number of para-hydroxylation sites is 2. The van der Waals surface area contributed by atoms with E-state index in [9.17, 15) is 0 Å². The van der Waals surface area contributed by atoms with Gasteiger partial charge in [0.25, 0.3) is 0 Å². The van der Waals surface area contributed by atoms with Crippen LogP contribution in [0.5, 0.6) is 5.75 Å². The van der Waals surface area contributed by atoms with Crippen molar-refractivity contribution in [3.8, 4) is 5.75 Å². The van der Waals surface area contributed by atoms with Crippen molar-refractivity contribution < 1.29 is 4.74 Å². The summed E-state index contributed by atoms with van der Waals surface area (Å²) in [6.07, 6.45) is 0.176. The fourth-order valence-electron chi connectivity index (χ4n) is 1.88. The second-order valence-electron chi connectivity index (χ2n) is 4.23. The number of benzene rings is 1. The standard InChI is InChI=1S/C12H17NO/c1-9(2)8-13-10(3)14-12-7-5-4-6-11(12)13/h4-7,9-10H,8H2,1-3H3. The van der Waals surface area contributed by atoms with Crippen LogP contribution in [0.15, 0.2) is 24.3 Å². The Morgan fingerprint density at radius 2 is 2.07 bits per heavy atom. The Labute approximate surface area is 85.5 Å². The van der Waals surface area contributed by atoms with E-state index >= 15 is 0 Å². The molecule has 1 atom stereocenters. The molecule has 0 saturated carbocycles. The van der Waals surface area contributed by atoms with Crippen LogP contribution in [0.2, 0.25) is 0 Å². The molecule has 0 amide bonds. The zero-order chi connectivity index (χ0) is 10.1. The molecule has 0 aromatic heterocycles. The van der Waals surface area contributed by atoms with Gasteiger partial charge in [-0.25, -0.2) is 0 Å². The van der Waals surface area contributed by atoms with Gasteiger partial charge < -0.3 is 9.64 Å². The molecule has 1 aromatic rings. The second-order valence-corrected chi connectivity index (χ2v) is 4.23. The maximum Gasteiger partial charge on any atom is 0.169 e. The van der Waals surface area contributed by atoms with Crippen molar-refractivity contribution in [2.45, 2.75) is 27.0 Å². The summed E-state index contributed by atoms with van der Waals surface area (Å²) in [7, 11) is 0. The molecule has 1 aromatic carbocycles. The zero-order valence-electron chi connectivity index (χ0n) is 9.03. The fourth-order valence-corrected chi connectivity index (χ4v) is 1.88. The number of ether oxygens (including phenoxy) is 1. The van der Waals surface area contributed by atoms with Crippen LogP contribution in [0.4, 0.5) is 5.69 Å². The van der Waals surface area contributed by atoms with Gasteiger partial charge in [-0.15, -0.1) is 0 Å². The molecule has 1 aliphatic heterocycles. The first-order valence-electron chi connectivity index (χ1n) is 5.21. The minimum Gasteiger partial charge on any atom is -0.469 e. The van der Waals surface area contributed by atoms with E-state index in [1.54, 1.807) is 0 Å². The highest BCUT2D eigenvalue weighted by molar-refractivity contribution is 5.61. The van der Waals surface area contributed by atoms with E-state index in [0.717, 1.165) is 12.3 Å². The molecule has 0 aliphatic carbocycles. The number of anilines is 1. The van der Waals surface area contributed by atoms with E-state index in [2.05, 4.69) is 37.8 Å². The summed E-state index contributed by atoms with van der Waals surface area (Å²) >= 11 is 0. The van der Waals surface area contributed by atoms with Crippen LogP contribution in [0.3, 0.4) is 0 Å². The number of rotatable bonds is 2. The normalized spacial score (nSPS) is 19.7. The minimum atomic E-state index is 0.176. The fraction of sp³-hybridized carbons (Fsp3) is 0.500. The lowest BCUT2D eigenvalue weighted by Crippen LogP contribution is -2.34. The van der Waals surface area contributed by atoms with Crippen LogP contribution < -0.4 is 9.64 Å². The molecular weight excluding hydrogens is 174 g/mol. The molecule has 2 heteroatoms. The molecule has 0 spiro atoms. The molecule has 76 valence electrons. The molecule has 0 N–H and O–H groups in total. The lowest BCUT2D eigenvalue weighted by molar-refractivity contribution is 0.240. The van der Waals surface area contributed by atoms with E-state index in [-0.39, 0.29) is 6.23 Å². The predicted molar refractivity (Wildman–Crippen MR) is 58.7 cm³/mol. The Bertz CT molecular complexity index is 322. The summed E-state index contributed by atoms with van der Waals surface area (Å²) in [6, 6.07) is 8.24. The quantitative estimate of drug-likeness (QED) is 0.712. The molecule has 1 aliphatic rings. The Morgan fingerprint density at radius 1 is 1.36 bits per heavy atom. The lowest BCUT2D eigenvalue weighted by atomic mass is 10.2. The Kier molecular flexibility index (Phi) is 2.36. The number of hydrogen-bond acceptors (Lipinski definition) is 2. The third-order valence-corrected chi connectivity index (χ3v) is 2.47. The third kappa shape index (κ3) is 1.57. The van der Waals surface area contributed by atoms with Gasteiger partial charge in [0.15, 0.2) is 6.23 Å². The Hall–Kier alpha value is -1.18. The van der Waals surface area contributed by atoms with Crippen molar-refractivity contribution in [2.75, 3.05) is 11.4 Å². The molecule has 1 heterocycles. The summed E-state index contributed by atoms with van der Waals surface area (Å²) in [6.45, 7) is 7.61. The SMILES string of the molecule is CC(C)CN1c2ccccc2OC1C. The van der Waals surface area contributed by atoms with Crippen LogP contribution in [0, 0.1) is 5.92 Å². The van der Waals surface area contributed by atoms with Gasteiger partial charge in [-0.3, -0.25) is 0 Å². The predicted octanol–water partition coefficient (Wildman–Crippen LogP) is 2.89. The molecule has 0 fully saturated rings. The molecular formula is C12H17NO. The van der Waals surface area contributed by atoms with Gasteiger partial charge in [-0.05, 0) is 25.0 Å². The zero-order valence-corrected chi connectivity index (χ0v) is 9.03. The first-order valence-corrected chi connectivity index (χ1v) is 5.21. The number of nitrogens with zero attached hydrogens (tertiary/aromatic N) is 1. The van der Waals surface area contributed by atoms with Gasteiger partial charge in [0, 0.05) is 6.54 Å². The maximum absolute atomic E-state index is 5.75. The van der Waals surface area contributed by atoms with Crippen LogP contribution in [-0.4, -0.2) is 12.8 Å². The highest BCUT2D eigenvalue weighted by Crippen LogP contribution is 2.36. The smallest absolute Gasteiger partial charge is 0.169 e. The Morgan fingerprint density at radius 3 is 2.79 bits per heavy atom. The van der Waals surface area contributed by atoms with Crippen molar-refractivity contribution in [2.24, 2.45) is 5.92 Å². The molecule has 2 rings (SSSR count). The summed E-state index contributed by atoms with van der Waals surface area (Å²) in [5.74, 6) is 1.67. The molecule has 0 saturated heterocycles. The highest BCUT2D eigenvalue weighted by Gasteiger charge is 2.26. The average molecular weight is 191 g/mol. The first-order chi connectivity index (χ1) is 6.68. The topological polar surface area (TPSA) is 12.5 Å². The van der Waals surface area contributed by atoms with Crippen molar-refractivity contribution in [1.82, 2.24) is 0 Å². The van der Waals surface area contributed by atoms with Crippen molar-refractivity contribution in [3.63, 3.8) is 0 Å². The summed E-state index contributed by atoms with van der Waals surface area (Å²) in [5, 5.41) is 0. The van der Waals surface area contributed by atoms with Gasteiger partial charge in [0.1, 0.15) is 5.75 Å². The van der Waals surface area contributed by atoms with E-state index in [1.165, 1.54) is 5.69 Å².